The average molecular weight is 173 g/mol. The fourth-order valence-electron chi connectivity index (χ4n) is 1.21. The van der Waals surface area contributed by atoms with E-state index in [1.807, 2.05) is 26.0 Å². The fourth-order valence-corrected chi connectivity index (χ4v) is 1.21. The van der Waals surface area contributed by atoms with E-state index >= 15 is 0 Å². The number of aryl methyl sites for hydroxylation is 1. The molecule has 2 nitrogen and oxygen atoms in total. The number of amides is 1. The molecule has 0 unspecified atom stereocenters. The molecule has 0 saturated heterocycles. The zero-order chi connectivity index (χ0) is 9.84. The highest BCUT2D eigenvalue weighted by Gasteiger charge is 2.03. The van der Waals surface area contributed by atoms with Gasteiger partial charge in [0, 0.05) is 12.1 Å². The van der Waals surface area contributed by atoms with Gasteiger partial charge in [0.1, 0.15) is 7.85 Å². The smallest absolute Gasteiger partial charge is 0.251 e. The molecule has 0 fully saturated rings. The molecule has 1 aromatic rings. The molecule has 3 heteroatoms. The molecule has 1 aromatic carbocycles. The van der Waals surface area contributed by atoms with E-state index in [0.29, 0.717) is 17.6 Å². The van der Waals surface area contributed by atoms with E-state index in [-0.39, 0.29) is 5.91 Å². The number of carbonyl (C=O) groups is 1. The van der Waals surface area contributed by atoms with Crippen molar-refractivity contribution in [3.63, 3.8) is 0 Å². The summed E-state index contributed by atoms with van der Waals surface area (Å²) in [5, 5.41) is 2.72. The predicted molar refractivity (Wildman–Crippen MR) is 54.6 cm³/mol. The van der Waals surface area contributed by atoms with Crippen LogP contribution in [0.15, 0.2) is 18.2 Å². The summed E-state index contributed by atoms with van der Waals surface area (Å²) in [6.45, 7) is 4.43. The number of benzene rings is 1. The highest BCUT2D eigenvalue weighted by atomic mass is 16.1. The van der Waals surface area contributed by atoms with Crippen molar-refractivity contribution in [2.24, 2.45) is 0 Å². The van der Waals surface area contributed by atoms with Gasteiger partial charge in [-0.25, -0.2) is 0 Å². The van der Waals surface area contributed by atoms with Crippen LogP contribution in [0.2, 0.25) is 0 Å². The Morgan fingerprint density at radius 3 is 2.69 bits per heavy atom. The van der Waals surface area contributed by atoms with Crippen molar-refractivity contribution in [1.29, 1.82) is 0 Å². The van der Waals surface area contributed by atoms with Crippen LogP contribution in [0.25, 0.3) is 0 Å². The summed E-state index contributed by atoms with van der Waals surface area (Å²) < 4.78 is 0. The van der Waals surface area contributed by atoms with Crippen molar-refractivity contribution in [3.8, 4) is 0 Å². The summed E-state index contributed by atoms with van der Waals surface area (Å²) in [7, 11) is 5.61. The lowest BCUT2D eigenvalue weighted by molar-refractivity contribution is 0.0956. The van der Waals surface area contributed by atoms with Crippen LogP contribution in [0.3, 0.4) is 0 Å². The molecule has 0 aliphatic carbocycles. The minimum atomic E-state index is -0.0714. The quantitative estimate of drug-likeness (QED) is 0.649. The summed E-state index contributed by atoms with van der Waals surface area (Å²) >= 11 is 0. The number of rotatable bonds is 2. The Bertz CT molecular complexity index is 302. The molecule has 0 aliphatic heterocycles. The first-order valence-corrected chi connectivity index (χ1v) is 4.29. The first-order valence-electron chi connectivity index (χ1n) is 4.29. The van der Waals surface area contributed by atoms with Crippen LogP contribution in [-0.4, -0.2) is 20.3 Å². The van der Waals surface area contributed by atoms with Crippen LogP contribution < -0.4 is 10.8 Å². The summed E-state index contributed by atoms with van der Waals surface area (Å²) in [6, 6.07) is 5.34. The van der Waals surface area contributed by atoms with Gasteiger partial charge in [0.25, 0.3) is 5.91 Å². The largest absolute Gasteiger partial charge is 0.352 e. The molecule has 1 amide bonds. The van der Waals surface area contributed by atoms with E-state index in [1.165, 1.54) is 0 Å². The highest BCUT2D eigenvalue weighted by molar-refractivity contribution is 6.32. The van der Waals surface area contributed by atoms with Crippen LogP contribution in [0.5, 0.6) is 0 Å². The zero-order valence-corrected chi connectivity index (χ0v) is 7.92. The number of hydrogen-bond donors (Lipinski definition) is 1. The third-order valence-electron chi connectivity index (χ3n) is 1.70. The molecule has 66 valence electrons. The molecule has 0 aliphatic rings. The first-order chi connectivity index (χ1) is 6.13. The Morgan fingerprint density at radius 1 is 1.46 bits per heavy atom. The molecule has 0 heterocycles. The number of hydrogen-bond acceptors (Lipinski definition) is 1. The summed E-state index contributed by atoms with van der Waals surface area (Å²) in [5.74, 6) is -0.0714. The van der Waals surface area contributed by atoms with Gasteiger partial charge in [0.2, 0.25) is 0 Å². The molecular formula is C10H12BNO. The Labute approximate surface area is 79.8 Å². The fraction of sp³-hybridized carbons (Fsp3) is 0.300. The second-order valence-electron chi connectivity index (χ2n) is 2.99. The molecule has 0 atom stereocenters. The van der Waals surface area contributed by atoms with E-state index in [1.54, 1.807) is 6.07 Å². The molecule has 1 rings (SSSR count). The summed E-state index contributed by atoms with van der Waals surface area (Å²) in [5.41, 5.74) is 2.25. The third kappa shape index (κ3) is 2.62. The first kappa shape index (κ1) is 9.84. The summed E-state index contributed by atoms with van der Waals surface area (Å²) in [4.78, 5) is 11.4. The minimum Gasteiger partial charge on any atom is -0.352 e. The zero-order valence-electron chi connectivity index (χ0n) is 7.92. The maximum Gasteiger partial charge on any atom is 0.251 e. The van der Waals surface area contributed by atoms with Crippen molar-refractivity contribution in [3.05, 3.63) is 29.3 Å². The van der Waals surface area contributed by atoms with Crippen molar-refractivity contribution >= 4 is 19.2 Å². The topological polar surface area (TPSA) is 29.1 Å². The van der Waals surface area contributed by atoms with Gasteiger partial charge >= 0.3 is 0 Å². The predicted octanol–water partition coefficient (Wildman–Crippen LogP) is 0.539. The highest BCUT2D eigenvalue weighted by Crippen LogP contribution is 2.01. The van der Waals surface area contributed by atoms with Gasteiger partial charge in [-0.2, -0.15) is 0 Å². The van der Waals surface area contributed by atoms with Crippen molar-refractivity contribution in [2.45, 2.75) is 13.8 Å². The maximum atomic E-state index is 11.4. The number of carbonyl (C=O) groups excluding carboxylic acids is 1. The second kappa shape index (κ2) is 4.12. The molecule has 2 radical (unpaired) electrons. The van der Waals surface area contributed by atoms with Gasteiger partial charge < -0.3 is 5.32 Å². The Kier molecular flexibility index (Phi) is 3.12. The molecular weight excluding hydrogens is 161 g/mol. The van der Waals surface area contributed by atoms with Crippen LogP contribution in [0.1, 0.15) is 22.8 Å². The lowest BCUT2D eigenvalue weighted by Gasteiger charge is -2.04. The Hall–Kier alpha value is -1.25. The summed E-state index contributed by atoms with van der Waals surface area (Å²) in [6.07, 6.45) is 0. The van der Waals surface area contributed by atoms with Gasteiger partial charge in [-0.05, 0) is 19.9 Å². The van der Waals surface area contributed by atoms with E-state index in [9.17, 15) is 4.79 Å². The van der Waals surface area contributed by atoms with E-state index in [2.05, 4.69) is 5.32 Å². The van der Waals surface area contributed by atoms with Gasteiger partial charge in [-0.1, -0.05) is 23.2 Å². The van der Waals surface area contributed by atoms with Crippen LogP contribution in [0.4, 0.5) is 0 Å². The van der Waals surface area contributed by atoms with E-state index < -0.39 is 0 Å². The lowest BCUT2D eigenvalue weighted by atomic mass is 9.92. The van der Waals surface area contributed by atoms with Crippen LogP contribution in [-0.2, 0) is 0 Å². The normalized spacial score (nSPS) is 9.69. The van der Waals surface area contributed by atoms with E-state index in [4.69, 9.17) is 7.85 Å². The number of nitrogens with one attached hydrogen (secondary N) is 1. The maximum absolute atomic E-state index is 11.4. The Balaban J connectivity index is 2.94. The SMILES string of the molecule is [B]c1cc(C)cc(C(=O)NCC)c1. The lowest BCUT2D eigenvalue weighted by Crippen LogP contribution is -2.24. The molecule has 0 bridgehead atoms. The van der Waals surface area contributed by atoms with Gasteiger partial charge in [0.15, 0.2) is 0 Å². The van der Waals surface area contributed by atoms with Crippen LogP contribution >= 0.6 is 0 Å². The molecule has 0 spiro atoms. The van der Waals surface area contributed by atoms with Crippen molar-refractivity contribution in [2.75, 3.05) is 6.54 Å². The van der Waals surface area contributed by atoms with E-state index in [0.717, 1.165) is 5.56 Å². The average Bonchev–Trinajstić information content (AvgIpc) is 2.03. The molecule has 13 heavy (non-hydrogen) atoms. The third-order valence-corrected chi connectivity index (χ3v) is 1.70. The molecule has 0 aromatic heterocycles. The van der Waals surface area contributed by atoms with Gasteiger partial charge in [-0.15, -0.1) is 0 Å². The van der Waals surface area contributed by atoms with Gasteiger partial charge in [-0.3, -0.25) is 4.79 Å². The van der Waals surface area contributed by atoms with Crippen LogP contribution in [0, 0.1) is 6.92 Å². The van der Waals surface area contributed by atoms with Crippen molar-refractivity contribution in [1.82, 2.24) is 5.32 Å². The standard InChI is InChI=1S/C10H12BNO/c1-3-12-10(13)8-4-7(2)5-9(11)6-8/h4-6H,3H2,1-2H3,(H,12,13). The van der Waals surface area contributed by atoms with Gasteiger partial charge in [0.05, 0.1) is 0 Å². The molecule has 0 saturated carbocycles. The Morgan fingerprint density at radius 2 is 2.15 bits per heavy atom. The van der Waals surface area contributed by atoms with Crippen molar-refractivity contribution < 1.29 is 4.79 Å². The second-order valence-corrected chi connectivity index (χ2v) is 2.99. The minimum absolute atomic E-state index is 0.0714. The monoisotopic (exact) mass is 173 g/mol. The molecule has 1 N–H and O–H groups in total.